The third kappa shape index (κ3) is 3.69. The number of nitrogens with one attached hydrogen (secondary N) is 2. The fourth-order valence-electron chi connectivity index (χ4n) is 2.19. The first kappa shape index (κ1) is 16.8. The number of aromatic amines is 1. The Morgan fingerprint density at radius 3 is 2.92 bits per heavy atom. The van der Waals surface area contributed by atoms with Crippen molar-refractivity contribution in [2.75, 3.05) is 19.0 Å². The van der Waals surface area contributed by atoms with Gasteiger partial charge >= 0.3 is 0 Å². The molecule has 7 nitrogen and oxygen atoms in total. The van der Waals surface area contributed by atoms with Gasteiger partial charge in [-0.25, -0.2) is 4.98 Å². The van der Waals surface area contributed by atoms with Gasteiger partial charge in [-0.1, -0.05) is 29.3 Å². The quantitative estimate of drug-likeness (QED) is 0.699. The Kier molecular flexibility index (Phi) is 5.03. The van der Waals surface area contributed by atoms with Crippen LogP contribution in [-0.2, 0) is 17.8 Å². The van der Waals surface area contributed by atoms with Crippen LogP contribution in [0, 0.1) is 0 Å². The Hall–Kier alpha value is -2.09. The number of fused-ring (bicyclic) bond motifs is 1. The SMILES string of the molecule is COCCn1cc2nc(NCc3ccc(Cl)c(Cl)c3)[nH]c(=O)c2n1. The van der Waals surface area contributed by atoms with Gasteiger partial charge in [0.25, 0.3) is 5.56 Å². The number of H-pyrrole nitrogens is 1. The molecule has 0 saturated carbocycles. The van der Waals surface area contributed by atoms with Gasteiger partial charge in [0.1, 0.15) is 5.52 Å². The van der Waals surface area contributed by atoms with Crippen molar-refractivity contribution in [3.8, 4) is 0 Å². The molecule has 0 saturated heterocycles. The molecule has 3 aromatic rings. The number of hydrogen-bond acceptors (Lipinski definition) is 5. The predicted molar refractivity (Wildman–Crippen MR) is 93.8 cm³/mol. The van der Waals surface area contributed by atoms with Crippen LogP contribution < -0.4 is 10.9 Å². The van der Waals surface area contributed by atoms with Gasteiger partial charge < -0.3 is 10.1 Å². The van der Waals surface area contributed by atoms with Crippen LogP contribution in [-0.4, -0.2) is 33.5 Å². The van der Waals surface area contributed by atoms with Gasteiger partial charge in [0.15, 0.2) is 5.52 Å². The number of aromatic nitrogens is 4. The molecule has 126 valence electrons. The maximum atomic E-state index is 12.1. The molecule has 1 aromatic carbocycles. The van der Waals surface area contributed by atoms with E-state index in [-0.39, 0.29) is 5.56 Å². The standard InChI is InChI=1S/C15H15Cl2N5O2/c1-24-5-4-22-8-12-13(21-22)14(23)20-15(19-12)18-7-9-2-3-10(16)11(17)6-9/h2-3,6,8H,4-5,7H2,1H3,(H2,18,19,20,23). The van der Waals surface area contributed by atoms with Crippen LogP contribution in [0.3, 0.4) is 0 Å². The topological polar surface area (TPSA) is 84.8 Å². The van der Waals surface area contributed by atoms with Crippen LogP contribution in [0.5, 0.6) is 0 Å². The van der Waals surface area contributed by atoms with Crippen LogP contribution in [0.4, 0.5) is 5.95 Å². The molecule has 0 radical (unpaired) electrons. The monoisotopic (exact) mass is 367 g/mol. The number of nitrogens with zero attached hydrogens (tertiary/aromatic N) is 3. The summed E-state index contributed by atoms with van der Waals surface area (Å²) in [5.41, 5.74) is 1.44. The fraction of sp³-hybridized carbons (Fsp3) is 0.267. The molecular weight excluding hydrogens is 353 g/mol. The average molecular weight is 368 g/mol. The lowest BCUT2D eigenvalue weighted by Crippen LogP contribution is -2.13. The average Bonchev–Trinajstić information content (AvgIpc) is 2.97. The minimum Gasteiger partial charge on any atom is -0.383 e. The van der Waals surface area contributed by atoms with E-state index >= 15 is 0 Å². The molecule has 2 heterocycles. The first-order chi connectivity index (χ1) is 11.6. The molecule has 0 bridgehead atoms. The van der Waals surface area contributed by atoms with E-state index < -0.39 is 0 Å². The van der Waals surface area contributed by atoms with E-state index in [1.165, 1.54) is 0 Å². The Balaban J connectivity index is 1.79. The van der Waals surface area contributed by atoms with E-state index in [9.17, 15) is 4.79 Å². The lowest BCUT2D eigenvalue weighted by molar-refractivity contribution is 0.184. The van der Waals surface area contributed by atoms with E-state index in [1.54, 1.807) is 30.1 Å². The van der Waals surface area contributed by atoms with Crippen molar-refractivity contribution in [3.05, 3.63) is 50.4 Å². The van der Waals surface area contributed by atoms with E-state index in [0.717, 1.165) is 5.56 Å². The summed E-state index contributed by atoms with van der Waals surface area (Å²) in [5, 5.41) is 8.24. The number of rotatable bonds is 6. The third-order valence-electron chi connectivity index (χ3n) is 3.39. The summed E-state index contributed by atoms with van der Waals surface area (Å²) < 4.78 is 6.64. The summed E-state index contributed by atoms with van der Waals surface area (Å²) in [4.78, 5) is 19.2. The second kappa shape index (κ2) is 7.21. The van der Waals surface area contributed by atoms with Gasteiger partial charge in [-0.05, 0) is 17.7 Å². The van der Waals surface area contributed by atoms with E-state index in [4.69, 9.17) is 27.9 Å². The smallest absolute Gasteiger partial charge is 0.280 e. The maximum absolute atomic E-state index is 12.1. The molecule has 24 heavy (non-hydrogen) atoms. The normalized spacial score (nSPS) is 11.1. The van der Waals surface area contributed by atoms with Crippen molar-refractivity contribution in [2.24, 2.45) is 0 Å². The number of halogens is 2. The van der Waals surface area contributed by atoms with Gasteiger partial charge in [0, 0.05) is 13.7 Å². The molecule has 0 unspecified atom stereocenters. The van der Waals surface area contributed by atoms with Crippen molar-refractivity contribution < 1.29 is 4.74 Å². The lowest BCUT2D eigenvalue weighted by Gasteiger charge is -2.06. The molecular formula is C15H15Cl2N5O2. The van der Waals surface area contributed by atoms with Crippen LogP contribution in [0.2, 0.25) is 10.0 Å². The number of anilines is 1. The van der Waals surface area contributed by atoms with Gasteiger partial charge in [-0.2, -0.15) is 5.10 Å². The van der Waals surface area contributed by atoms with Crippen molar-refractivity contribution in [2.45, 2.75) is 13.1 Å². The van der Waals surface area contributed by atoms with Crippen molar-refractivity contribution in [1.82, 2.24) is 19.7 Å². The maximum Gasteiger partial charge on any atom is 0.280 e. The number of ether oxygens (including phenoxy) is 1. The number of hydrogen-bond donors (Lipinski definition) is 2. The van der Waals surface area contributed by atoms with Crippen LogP contribution in [0.15, 0.2) is 29.2 Å². The summed E-state index contributed by atoms with van der Waals surface area (Å²) >= 11 is 11.9. The van der Waals surface area contributed by atoms with Gasteiger partial charge in [0.2, 0.25) is 5.95 Å². The highest BCUT2D eigenvalue weighted by Crippen LogP contribution is 2.22. The molecule has 3 rings (SSSR count). The summed E-state index contributed by atoms with van der Waals surface area (Å²) in [6, 6.07) is 5.33. The minimum atomic E-state index is -0.298. The zero-order chi connectivity index (χ0) is 17.1. The van der Waals surface area contributed by atoms with Crippen LogP contribution in [0.1, 0.15) is 5.56 Å². The van der Waals surface area contributed by atoms with E-state index in [1.807, 2.05) is 6.07 Å². The third-order valence-corrected chi connectivity index (χ3v) is 4.13. The first-order valence-electron chi connectivity index (χ1n) is 7.21. The highest BCUT2D eigenvalue weighted by Gasteiger charge is 2.09. The summed E-state index contributed by atoms with van der Waals surface area (Å²) in [6.07, 6.45) is 1.72. The van der Waals surface area contributed by atoms with Gasteiger partial charge in [-0.3, -0.25) is 14.5 Å². The Labute approximate surface area is 147 Å². The Morgan fingerprint density at radius 1 is 1.33 bits per heavy atom. The fourth-order valence-corrected chi connectivity index (χ4v) is 2.51. The van der Waals surface area contributed by atoms with Crippen molar-refractivity contribution in [3.63, 3.8) is 0 Å². The molecule has 2 N–H and O–H groups in total. The van der Waals surface area contributed by atoms with Gasteiger partial charge in [-0.15, -0.1) is 0 Å². The van der Waals surface area contributed by atoms with Crippen molar-refractivity contribution >= 4 is 40.2 Å². The summed E-state index contributed by atoms with van der Waals surface area (Å²) in [7, 11) is 1.61. The molecule has 0 spiro atoms. The minimum absolute atomic E-state index is 0.297. The lowest BCUT2D eigenvalue weighted by atomic mass is 10.2. The molecule has 0 atom stereocenters. The molecule has 9 heteroatoms. The second-order valence-corrected chi connectivity index (χ2v) is 5.95. The largest absolute Gasteiger partial charge is 0.383 e. The van der Waals surface area contributed by atoms with Crippen LogP contribution in [0.25, 0.3) is 11.0 Å². The summed E-state index contributed by atoms with van der Waals surface area (Å²) in [6.45, 7) is 1.51. The van der Waals surface area contributed by atoms with Gasteiger partial charge in [0.05, 0.1) is 29.4 Å². The molecule has 0 aliphatic rings. The molecule has 0 aliphatic carbocycles. The van der Waals surface area contributed by atoms with Crippen LogP contribution >= 0.6 is 23.2 Å². The Morgan fingerprint density at radius 2 is 2.17 bits per heavy atom. The van der Waals surface area contributed by atoms with E-state index in [2.05, 4.69) is 20.4 Å². The Bertz CT molecular complexity index is 922. The zero-order valence-corrected chi connectivity index (χ0v) is 14.4. The van der Waals surface area contributed by atoms with Crippen molar-refractivity contribution in [1.29, 1.82) is 0 Å². The first-order valence-corrected chi connectivity index (χ1v) is 7.96. The highest BCUT2D eigenvalue weighted by atomic mass is 35.5. The van der Waals surface area contributed by atoms with E-state index in [0.29, 0.717) is 46.7 Å². The molecule has 2 aromatic heterocycles. The molecule has 0 fully saturated rings. The molecule has 0 aliphatic heterocycles. The molecule has 0 amide bonds. The zero-order valence-electron chi connectivity index (χ0n) is 12.8. The number of benzene rings is 1. The summed E-state index contributed by atoms with van der Waals surface area (Å²) in [5.74, 6) is 0.366. The number of methoxy groups -OCH3 is 1. The highest BCUT2D eigenvalue weighted by molar-refractivity contribution is 6.42. The predicted octanol–water partition coefficient (Wildman–Crippen LogP) is 2.68. The second-order valence-electron chi connectivity index (χ2n) is 5.14.